The fourth-order valence-corrected chi connectivity index (χ4v) is 4.45. The minimum Gasteiger partial charge on any atom is -0.354 e. The molecule has 1 fully saturated rings. The lowest BCUT2D eigenvalue weighted by atomic mass is 9.89. The predicted molar refractivity (Wildman–Crippen MR) is 110 cm³/mol. The van der Waals surface area contributed by atoms with Gasteiger partial charge in [-0.1, -0.05) is 26.0 Å². The molecule has 1 saturated heterocycles. The van der Waals surface area contributed by atoms with Crippen LogP contribution in [-0.2, 0) is 0 Å². The Hall–Kier alpha value is -2.13. The number of piperidine rings is 1. The van der Waals surface area contributed by atoms with Crippen LogP contribution < -0.4 is 5.32 Å². The summed E-state index contributed by atoms with van der Waals surface area (Å²) in [6.07, 6.45) is 2.47. The quantitative estimate of drug-likeness (QED) is 0.662. The third kappa shape index (κ3) is 3.16. The minimum atomic E-state index is 0.470. The predicted octanol–water partition coefficient (Wildman–Crippen LogP) is 5.44. The zero-order valence-corrected chi connectivity index (χ0v) is 16.3. The van der Waals surface area contributed by atoms with E-state index in [1.807, 2.05) is 0 Å². The fourth-order valence-electron chi connectivity index (χ4n) is 4.45. The summed E-state index contributed by atoms with van der Waals surface area (Å²) in [7, 11) is 0. The second kappa shape index (κ2) is 6.88. The van der Waals surface area contributed by atoms with E-state index in [-0.39, 0.29) is 0 Å². The molecule has 1 aliphatic heterocycles. The molecule has 1 aromatic carbocycles. The zero-order chi connectivity index (χ0) is 18.3. The van der Waals surface area contributed by atoms with Crippen molar-refractivity contribution in [3.63, 3.8) is 0 Å². The van der Waals surface area contributed by atoms with Crippen LogP contribution in [-0.4, -0.2) is 23.1 Å². The molecule has 0 radical (unpaired) electrons. The van der Waals surface area contributed by atoms with E-state index in [2.05, 4.69) is 73.3 Å². The monoisotopic (exact) mass is 347 g/mol. The summed E-state index contributed by atoms with van der Waals surface area (Å²) in [6.45, 7) is 11.0. The van der Waals surface area contributed by atoms with Gasteiger partial charge in [0.05, 0.1) is 5.69 Å². The third-order valence-electron chi connectivity index (χ3n) is 5.62. The van der Waals surface area contributed by atoms with Gasteiger partial charge in [-0.05, 0) is 80.9 Å². The molecule has 136 valence electrons. The number of aromatic amines is 1. The van der Waals surface area contributed by atoms with Crippen molar-refractivity contribution in [3.05, 3.63) is 52.8 Å². The summed E-state index contributed by atoms with van der Waals surface area (Å²) in [5.74, 6) is 1.15. The van der Waals surface area contributed by atoms with Crippen molar-refractivity contribution in [2.45, 2.75) is 52.4 Å². The van der Waals surface area contributed by atoms with Crippen molar-refractivity contribution in [1.29, 1.82) is 0 Å². The summed E-state index contributed by atoms with van der Waals surface area (Å²) in [5.41, 5.74) is 8.81. The van der Waals surface area contributed by atoms with Gasteiger partial charge < -0.3 is 10.3 Å². The molecule has 0 spiro atoms. The van der Waals surface area contributed by atoms with E-state index < -0.39 is 0 Å². The average molecular weight is 348 g/mol. The highest BCUT2D eigenvalue weighted by molar-refractivity contribution is 5.92. The average Bonchev–Trinajstić information content (AvgIpc) is 3.00. The van der Waals surface area contributed by atoms with Gasteiger partial charge in [-0.15, -0.1) is 0 Å². The number of H-pyrrole nitrogens is 1. The first-order valence-corrected chi connectivity index (χ1v) is 9.85. The molecule has 0 atom stereocenters. The molecule has 3 heteroatoms. The molecular weight excluding hydrogens is 318 g/mol. The van der Waals surface area contributed by atoms with Crippen LogP contribution in [0, 0.1) is 13.8 Å². The van der Waals surface area contributed by atoms with Gasteiger partial charge in [0.1, 0.15) is 0 Å². The maximum absolute atomic E-state index is 4.54. The van der Waals surface area contributed by atoms with Gasteiger partial charge in [-0.3, -0.25) is 4.98 Å². The molecule has 3 heterocycles. The van der Waals surface area contributed by atoms with E-state index in [0.29, 0.717) is 11.8 Å². The van der Waals surface area contributed by atoms with Crippen LogP contribution in [0.2, 0.25) is 0 Å². The van der Waals surface area contributed by atoms with E-state index in [0.717, 1.165) is 24.5 Å². The molecule has 3 nitrogen and oxygen atoms in total. The van der Waals surface area contributed by atoms with E-state index in [9.17, 15) is 0 Å². The summed E-state index contributed by atoms with van der Waals surface area (Å²) in [4.78, 5) is 8.30. The Bertz CT molecular complexity index is 910. The number of fused-ring (bicyclic) bond motifs is 1. The van der Waals surface area contributed by atoms with Crippen molar-refractivity contribution in [1.82, 2.24) is 15.3 Å². The van der Waals surface area contributed by atoms with Crippen LogP contribution in [0.25, 0.3) is 22.2 Å². The first-order chi connectivity index (χ1) is 12.5. The van der Waals surface area contributed by atoms with Crippen LogP contribution in [0.5, 0.6) is 0 Å². The molecular formula is C23H29N3. The van der Waals surface area contributed by atoms with E-state index in [1.165, 1.54) is 46.1 Å². The third-order valence-corrected chi connectivity index (χ3v) is 5.62. The molecule has 3 aromatic rings. The van der Waals surface area contributed by atoms with Gasteiger partial charge in [-0.2, -0.15) is 0 Å². The van der Waals surface area contributed by atoms with Crippen molar-refractivity contribution >= 4 is 10.9 Å². The molecule has 2 N–H and O–H groups in total. The Morgan fingerprint density at radius 2 is 1.69 bits per heavy atom. The number of aryl methyl sites for hydroxylation is 2. The summed E-state index contributed by atoms with van der Waals surface area (Å²) >= 11 is 0. The Kier molecular flexibility index (Phi) is 4.58. The van der Waals surface area contributed by atoms with Crippen LogP contribution in [0.4, 0.5) is 0 Å². The fraction of sp³-hybridized carbons (Fsp3) is 0.435. The second-order valence-corrected chi connectivity index (χ2v) is 8.04. The minimum absolute atomic E-state index is 0.470. The lowest BCUT2D eigenvalue weighted by molar-refractivity contribution is 0.460. The Labute approximate surface area is 156 Å². The van der Waals surface area contributed by atoms with Gasteiger partial charge in [0.15, 0.2) is 0 Å². The van der Waals surface area contributed by atoms with Crippen LogP contribution >= 0.6 is 0 Å². The van der Waals surface area contributed by atoms with Gasteiger partial charge in [-0.25, -0.2) is 0 Å². The highest BCUT2D eigenvalue weighted by Gasteiger charge is 2.20. The van der Waals surface area contributed by atoms with E-state index >= 15 is 0 Å². The molecule has 4 rings (SSSR count). The number of benzene rings is 1. The first-order valence-electron chi connectivity index (χ1n) is 9.85. The molecule has 2 aromatic heterocycles. The lowest BCUT2D eigenvalue weighted by Gasteiger charge is -2.23. The Balaban J connectivity index is 1.85. The van der Waals surface area contributed by atoms with Crippen LogP contribution in [0.3, 0.4) is 0 Å². The molecule has 26 heavy (non-hydrogen) atoms. The van der Waals surface area contributed by atoms with Gasteiger partial charge >= 0.3 is 0 Å². The van der Waals surface area contributed by atoms with Crippen molar-refractivity contribution in [2.24, 2.45) is 0 Å². The number of aromatic nitrogens is 2. The molecule has 0 unspecified atom stereocenters. The smallest absolute Gasteiger partial charge is 0.0501 e. The SMILES string of the molecule is Cc1cc(-c2[nH]c3cc(C4CCNCC4)ccc3c2C(C)C)cc(C)n1. The normalized spacial score (nSPS) is 15.9. The second-order valence-electron chi connectivity index (χ2n) is 8.04. The molecule has 1 aliphatic rings. The summed E-state index contributed by atoms with van der Waals surface area (Å²) < 4.78 is 0. The Morgan fingerprint density at radius 1 is 1.00 bits per heavy atom. The molecule has 0 amide bonds. The van der Waals surface area contributed by atoms with Gasteiger partial charge in [0.2, 0.25) is 0 Å². The zero-order valence-electron chi connectivity index (χ0n) is 16.3. The van der Waals surface area contributed by atoms with E-state index in [1.54, 1.807) is 0 Å². The molecule has 0 saturated carbocycles. The number of nitrogens with zero attached hydrogens (tertiary/aromatic N) is 1. The van der Waals surface area contributed by atoms with Crippen LogP contribution in [0.1, 0.15) is 61.0 Å². The maximum atomic E-state index is 4.54. The number of hydrogen-bond donors (Lipinski definition) is 2. The van der Waals surface area contributed by atoms with Crippen molar-refractivity contribution in [2.75, 3.05) is 13.1 Å². The summed E-state index contributed by atoms with van der Waals surface area (Å²) in [5, 5.41) is 4.83. The number of nitrogens with one attached hydrogen (secondary N) is 2. The van der Waals surface area contributed by atoms with Gasteiger partial charge in [0, 0.05) is 27.9 Å². The van der Waals surface area contributed by atoms with Crippen LogP contribution in [0.15, 0.2) is 30.3 Å². The highest BCUT2D eigenvalue weighted by Crippen LogP contribution is 2.37. The molecule has 0 bridgehead atoms. The molecule has 0 aliphatic carbocycles. The standard InChI is InChI=1S/C23H29N3/c1-14(2)22-20-6-5-18(17-7-9-24-10-8-17)13-21(20)26-23(22)19-11-15(3)25-16(4)12-19/h5-6,11-14,17,24,26H,7-10H2,1-4H3. The number of pyridine rings is 1. The highest BCUT2D eigenvalue weighted by atomic mass is 14.9. The van der Waals surface area contributed by atoms with Crippen molar-refractivity contribution < 1.29 is 0 Å². The largest absolute Gasteiger partial charge is 0.354 e. The first kappa shape index (κ1) is 17.3. The van der Waals surface area contributed by atoms with Crippen molar-refractivity contribution in [3.8, 4) is 11.3 Å². The topological polar surface area (TPSA) is 40.7 Å². The lowest BCUT2D eigenvalue weighted by Crippen LogP contribution is -2.26. The number of hydrogen-bond acceptors (Lipinski definition) is 2. The Morgan fingerprint density at radius 3 is 2.35 bits per heavy atom. The van der Waals surface area contributed by atoms with E-state index in [4.69, 9.17) is 0 Å². The number of rotatable bonds is 3. The maximum Gasteiger partial charge on any atom is 0.0501 e. The van der Waals surface area contributed by atoms with Gasteiger partial charge in [0.25, 0.3) is 0 Å². The summed E-state index contributed by atoms with van der Waals surface area (Å²) in [6, 6.07) is 11.5.